The van der Waals surface area contributed by atoms with Crippen LogP contribution in [0.2, 0.25) is 0 Å². The number of fused-ring (bicyclic) bond motifs is 2. The number of ether oxygens (including phenoxy) is 1. The fourth-order valence-electron chi connectivity index (χ4n) is 3.78. The van der Waals surface area contributed by atoms with Gasteiger partial charge in [0.25, 0.3) is 0 Å². The average molecular weight is 350 g/mol. The van der Waals surface area contributed by atoms with Crippen LogP contribution in [0.1, 0.15) is 32.1 Å². The van der Waals surface area contributed by atoms with E-state index in [9.17, 15) is 13.5 Å². The minimum Gasteiger partial charge on any atom is -0.394 e. The Bertz CT molecular complexity index is 443. The van der Waals surface area contributed by atoms with Crippen LogP contribution in [0.5, 0.6) is 0 Å². The van der Waals surface area contributed by atoms with Crippen molar-refractivity contribution in [3.8, 4) is 0 Å². The fraction of sp³-hybridized carbons (Fsp3) is 1.00. The lowest BCUT2D eigenvalue weighted by Gasteiger charge is -2.36. The normalized spacial score (nSPS) is 26.8. The molecule has 7 nitrogen and oxygen atoms in total. The second kappa shape index (κ2) is 8.73. The Hall–Kier alpha value is -0.250. The van der Waals surface area contributed by atoms with Gasteiger partial charge in [-0.15, -0.1) is 0 Å². The van der Waals surface area contributed by atoms with Gasteiger partial charge in [-0.05, 0) is 25.7 Å². The molecule has 2 aliphatic rings. The Balaban J connectivity index is 1.83. The quantitative estimate of drug-likeness (QED) is 0.523. The number of hydrogen-bond acceptors (Lipinski definition) is 6. The van der Waals surface area contributed by atoms with E-state index in [4.69, 9.17) is 9.84 Å². The van der Waals surface area contributed by atoms with Crippen molar-refractivity contribution in [1.82, 2.24) is 9.21 Å². The van der Waals surface area contributed by atoms with Crippen molar-refractivity contribution in [2.45, 2.75) is 50.3 Å². The summed E-state index contributed by atoms with van der Waals surface area (Å²) in [6.07, 6.45) is 6.49. The molecule has 8 heteroatoms. The zero-order chi connectivity index (χ0) is 16.9. The molecule has 0 saturated carbocycles. The third kappa shape index (κ3) is 5.65. The maximum Gasteiger partial charge on any atom is 0.211 e. The minimum atomic E-state index is -3.39. The Morgan fingerprint density at radius 2 is 1.87 bits per heavy atom. The third-order valence-electron chi connectivity index (χ3n) is 4.87. The number of sulfonamides is 1. The smallest absolute Gasteiger partial charge is 0.211 e. The van der Waals surface area contributed by atoms with Crippen molar-refractivity contribution in [3.05, 3.63) is 0 Å². The van der Waals surface area contributed by atoms with Gasteiger partial charge in [0.2, 0.25) is 10.0 Å². The van der Waals surface area contributed by atoms with Gasteiger partial charge in [0.05, 0.1) is 32.2 Å². The van der Waals surface area contributed by atoms with Gasteiger partial charge in [0, 0.05) is 31.7 Å². The Labute approximate surface area is 139 Å². The first-order valence-electron chi connectivity index (χ1n) is 8.49. The SMILES string of the molecule is CS(=O)(=O)N(CCOCCO)CC(O)CN1[C@@H]2CCC[C@H]1CC2. The number of nitrogens with zero attached hydrogens (tertiary/aromatic N) is 2. The molecule has 0 aromatic carbocycles. The molecule has 0 aliphatic carbocycles. The van der Waals surface area contributed by atoms with Crippen molar-refractivity contribution in [2.75, 3.05) is 45.7 Å². The average Bonchev–Trinajstić information content (AvgIpc) is 2.71. The summed E-state index contributed by atoms with van der Waals surface area (Å²) in [5.74, 6) is 0. The van der Waals surface area contributed by atoms with E-state index >= 15 is 0 Å². The highest BCUT2D eigenvalue weighted by Crippen LogP contribution is 2.35. The van der Waals surface area contributed by atoms with Gasteiger partial charge in [-0.25, -0.2) is 8.42 Å². The molecule has 2 bridgehead atoms. The number of aliphatic hydroxyl groups excluding tert-OH is 2. The first kappa shape index (κ1) is 19.1. The molecule has 23 heavy (non-hydrogen) atoms. The second-order valence-corrected chi connectivity index (χ2v) is 8.61. The Morgan fingerprint density at radius 1 is 1.22 bits per heavy atom. The molecular weight excluding hydrogens is 320 g/mol. The molecule has 0 aromatic heterocycles. The molecule has 2 rings (SSSR count). The molecule has 1 unspecified atom stereocenters. The fourth-order valence-corrected chi connectivity index (χ4v) is 4.63. The van der Waals surface area contributed by atoms with Crippen LogP contribution in [0, 0.1) is 0 Å². The van der Waals surface area contributed by atoms with Crippen LogP contribution in [0.4, 0.5) is 0 Å². The van der Waals surface area contributed by atoms with Crippen LogP contribution in [-0.4, -0.2) is 91.7 Å². The monoisotopic (exact) mass is 350 g/mol. The topological polar surface area (TPSA) is 90.3 Å². The number of rotatable bonds is 10. The number of hydrogen-bond donors (Lipinski definition) is 2. The lowest BCUT2D eigenvalue weighted by Crippen LogP contribution is -2.48. The van der Waals surface area contributed by atoms with Crippen LogP contribution >= 0.6 is 0 Å². The molecule has 2 fully saturated rings. The summed E-state index contributed by atoms with van der Waals surface area (Å²) in [5.41, 5.74) is 0. The highest BCUT2D eigenvalue weighted by atomic mass is 32.2. The highest BCUT2D eigenvalue weighted by Gasteiger charge is 2.37. The zero-order valence-electron chi connectivity index (χ0n) is 13.9. The molecule has 3 atom stereocenters. The maximum atomic E-state index is 11.9. The minimum absolute atomic E-state index is 0.0841. The summed E-state index contributed by atoms with van der Waals surface area (Å²) >= 11 is 0. The predicted octanol–water partition coefficient (Wildman–Crippen LogP) is -0.365. The Kier molecular flexibility index (Phi) is 7.24. The first-order chi connectivity index (χ1) is 10.9. The van der Waals surface area contributed by atoms with Crippen LogP contribution in [-0.2, 0) is 14.8 Å². The zero-order valence-corrected chi connectivity index (χ0v) is 14.7. The summed E-state index contributed by atoms with van der Waals surface area (Å²) in [7, 11) is -3.39. The van der Waals surface area contributed by atoms with Crippen LogP contribution in [0.15, 0.2) is 0 Å². The summed E-state index contributed by atoms with van der Waals surface area (Å²) in [4.78, 5) is 2.37. The Morgan fingerprint density at radius 3 is 2.43 bits per heavy atom. The molecule has 2 heterocycles. The highest BCUT2D eigenvalue weighted by molar-refractivity contribution is 7.88. The number of piperidine rings is 1. The molecule has 0 amide bonds. The van der Waals surface area contributed by atoms with Crippen molar-refractivity contribution in [2.24, 2.45) is 0 Å². The van der Waals surface area contributed by atoms with Gasteiger partial charge in [-0.3, -0.25) is 4.90 Å². The van der Waals surface area contributed by atoms with Crippen LogP contribution in [0.25, 0.3) is 0 Å². The van der Waals surface area contributed by atoms with Gasteiger partial charge in [-0.1, -0.05) is 6.42 Å². The van der Waals surface area contributed by atoms with Gasteiger partial charge in [-0.2, -0.15) is 4.31 Å². The molecule has 0 spiro atoms. The van der Waals surface area contributed by atoms with E-state index in [0.29, 0.717) is 18.6 Å². The first-order valence-corrected chi connectivity index (χ1v) is 10.3. The molecule has 0 radical (unpaired) electrons. The molecule has 2 saturated heterocycles. The van der Waals surface area contributed by atoms with Crippen molar-refractivity contribution >= 4 is 10.0 Å². The van der Waals surface area contributed by atoms with Gasteiger partial charge in [0.1, 0.15) is 0 Å². The van der Waals surface area contributed by atoms with Crippen LogP contribution < -0.4 is 0 Å². The summed E-state index contributed by atoms with van der Waals surface area (Å²) in [6, 6.07) is 1.12. The van der Waals surface area contributed by atoms with Crippen molar-refractivity contribution < 1.29 is 23.4 Å². The van der Waals surface area contributed by atoms with Gasteiger partial charge < -0.3 is 14.9 Å². The summed E-state index contributed by atoms with van der Waals surface area (Å²) in [5, 5.41) is 19.0. The predicted molar refractivity (Wildman–Crippen MR) is 87.7 cm³/mol. The standard InChI is InChI=1S/C15H30N2O5S/c1-23(20,21)16(7-9-22-10-8-18)11-15(19)12-17-13-3-2-4-14(17)6-5-13/h13-15,18-19H,2-12H2,1H3/t13-,14+,15?. The molecular formula is C15H30N2O5S. The summed E-state index contributed by atoms with van der Waals surface area (Å²) in [6.45, 7) is 1.16. The van der Waals surface area contributed by atoms with Crippen molar-refractivity contribution in [3.63, 3.8) is 0 Å². The summed E-state index contributed by atoms with van der Waals surface area (Å²) < 4.78 is 30.1. The largest absolute Gasteiger partial charge is 0.394 e. The maximum absolute atomic E-state index is 11.9. The second-order valence-electron chi connectivity index (χ2n) is 6.62. The van der Waals surface area contributed by atoms with E-state index < -0.39 is 16.1 Å². The lowest BCUT2D eigenvalue weighted by atomic mass is 10.0. The van der Waals surface area contributed by atoms with Crippen LogP contribution in [0.3, 0.4) is 0 Å². The molecule has 2 N–H and O–H groups in total. The van der Waals surface area contributed by atoms with E-state index in [1.54, 1.807) is 0 Å². The third-order valence-corrected chi connectivity index (χ3v) is 6.14. The van der Waals surface area contributed by atoms with E-state index in [2.05, 4.69) is 4.90 Å². The molecule has 2 aliphatic heterocycles. The van der Waals surface area contributed by atoms with E-state index in [1.807, 2.05) is 0 Å². The van der Waals surface area contributed by atoms with E-state index in [1.165, 1.54) is 36.4 Å². The van der Waals surface area contributed by atoms with Gasteiger partial charge >= 0.3 is 0 Å². The lowest BCUT2D eigenvalue weighted by molar-refractivity contribution is 0.0449. The van der Waals surface area contributed by atoms with Crippen molar-refractivity contribution in [1.29, 1.82) is 0 Å². The molecule has 0 aromatic rings. The van der Waals surface area contributed by atoms with Gasteiger partial charge in [0.15, 0.2) is 0 Å². The number of aliphatic hydroxyl groups is 2. The molecule has 136 valence electrons. The van der Waals surface area contributed by atoms with E-state index in [0.717, 1.165) is 6.26 Å². The van der Waals surface area contributed by atoms with E-state index in [-0.39, 0.29) is 32.9 Å².